The van der Waals surface area contributed by atoms with Gasteiger partial charge >= 0.3 is 6.03 Å². The predicted molar refractivity (Wildman–Crippen MR) is 84.6 cm³/mol. The Kier molecular flexibility index (Phi) is 4.15. The van der Waals surface area contributed by atoms with Crippen LogP contribution < -0.4 is 10.6 Å². The molecular formula is C15H14N4O2S. The zero-order valence-electron chi connectivity index (χ0n) is 11.9. The molecule has 6 nitrogen and oxygen atoms in total. The van der Waals surface area contributed by atoms with Crippen molar-refractivity contribution >= 4 is 22.6 Å². The quantitative estimate of drug-likeness (QED) is 0.773. The topological polar surface area (TPSA) is 80.0 Å². The Balaban J connectivity index is 1.57. The number of anilines is 1. The Morgan fingerprint density at radius 2 is 2.09 bits per heavy atom. The van der Waals surface area contributed by atoms with Gasteiger partial charge in [-0.05, 0) is 18.5 Å². The molecular weight excluding hydrogens is 300 g/mol. The van der Waals surface area contributed by atoms with E-state index in [0.717, 1.165) is 11.3 Å². The van der Waals surface area contributed by atoms with Crippen LogP contribution in [0.5, 0.6) is 0 Å². The molecule has 0 aliphatic heterocycles. The summed E-state index contributed by atoms with van der Waals surface area (Å²) in [6.07, 6.45) is 0. The van der Waals surface area contributed by atoms with Gasteiger partial charge in [0, 0.05) is 17.7 Å². The summed E-state index contributed by atoms with van der Waals surface area (Å²) < 4.78 is 9.27. The van der Waals surface area contributed by atoms with E-state index >= 15 is 0 Å². The molecule has 0 bridgehead atoms. The van der Waals surface area contributed by atoms with Crippen LogP contribution in [0.25, 0.3) is 11.3 Å². The molecule has 2 aromatic heterocycles. The SMILES string of the molecule is Cc1cc(CNC(=O)Nc2cc(-c3ccccc3)ns2)no1. The third-order valence-electron chi connectivity index (χ3n) is 2.92. The van der Waals surface area contributed by atoms with Crippen LogP contribution in [0.2, 0.25) is 0 Å². The van der Waals surface area contributed by atoms with Gasteiger partial charge in [0.2, 0.25) is 0 Å². The Labute approximate surface area is 131 Å². The number of aromatic nitrogens is 2. The highest BCUT2D eigenvalue weighted by Gasteiger charge is 2.08. The largest absolute Gasteiger partial charge is 0.361 e. The van der Waals surface area contributed by atoms with E-state index in [2.05, 4.69) is 20.2 Å². The van der Waals surface area contributed by atoms with E-state index in [9.17, 15) is 4.79 Å². The minimum absolute atomic E-state index is 0.302. The van der Waals surface area contributed by atoms with Crippen LogP contribution in [0.3, 0.4) is 0 Å². The normalized spacial score (nSPS) is 10.4. The molecule has 0 radical (unpaired) electrons. The number of hydrogen-bond donors (Lipinski definition) is 2. The maximum Gasteiger partial charge on any atom is 0.320 e. The number of benzene rings is 1. The molecule has 0 aliphatic carbocycles. The monoisotopic (exact) mass is 314 g/mol. The first kappa shape index (κ1) is 14.3. The standard InChI is InChI=1S/C15H14N4O2S/c1-10-7-12(18-21-10)9-16-15(20)17-14-8-13(19-22-14)11-5-3-2-4-6-11/h2-8H,9H2,1H3,(H2,16,17,20). The van der Waals surface area contributed by atoms with E-state index in [0.29, 0.717) is 23.0 Å². The van der Waals surface area contributed by atoms with Gasteiger partial charge in [-0.25, -0.2) is 4.79 Å². The fourth-order valence-corrected chi connectivity index (χ4v) is 2.56. The van der Waals surface area contributed by atoms with Gasteiger partial charge in [-0.3, -0.25) is 5.32 Å². The summed E-state index contributed by atoms with van der Waals surface area (Å²) in [4.78, 5) is 11.8. The molecule has 2 heterocycles. The van der Waals surface area contributed by atoms with Gasteiger partial charge in [-0.2, -0.15) is 4.37 Å². The van der Waals surface area contributed by atoms with Crippen LogP contribution in [0.1, 0.15) is 11.5 Å². The van der Waals surface area contributed by atoms with E-state index in [4.69, 9.17) is 4.52 Å². The van der Waals surface area contributed by atoms with Crippen molar-refractivity contribution in [3.05, 3.63) is 53.9 Å². The second-order valence-corrected chi connectivity index (χ2v) is 5.48. The number of rotatable bonds is 4. The number of aryl methyl sites for hydroxylation is 1. The van der Waals surface area contributed by atoms with Gasteiger partial charge in [0.05, 0.1) is 12.2 Å². The number of carbonyl (C=O) groups is 1. The molecule has 3 rings (SSSR count). The van der Waals surface area contributed by atoms with Crippen LogP contribution in [0.15, 0.2) is 47.0 Å². The smallest absolute Gasteiger partial charge is 0.320 e. The van der Waals surface area contributed by atoms with Crippen LogP contribution in [-0.4, -0.2) is 15.6 Å². The predicted octanol–water partition coefficient (Wildman–Crippen LogP) is 3.43. The van der Waals surface area contributed by atoms with Gasteiger partial charge in [0.1, 0.15) is 16.5 Å². The molecule has 3 aromatic rings. The third-order valence-corrected chi connectivity index (χ3v) is 3.63. The summed E-state index contributed by atoms with van der Waals surface area (Å²) in [6.45, 7) is 2.12. The van der Waals surface area contributed by atoms with E-state index in [1.165, 1.54) is 11.5 Å². The van der Waals surface area contributed by atoms with Gasteiger partial charge in [0.15, 0.2) is 0 Å². The molecule has 22 heavy (non-hydrogen) atoms. The summed E-state index contributed by atoms with van der Waals surface area (Å²) in [7, 11) is 0. The molecule has 0 fully saturated rings. The minimum atomic E-state index is -0.302. The Morgan fingerprint density at radius 3 is 2.82 bits per heavy atom. The molecule has 1 aromatic carbocycles. The Bertz CT molecular complexity index is 767. The van der Waals surface area contributed by atoms with Crippen LogP contribution in [0.4, 0.5) is 9.80 Å². The third kappa shape index (κ3) is 3.50. The summed E-state index contributed by atoms with van der Waals surface area (Å²) >= 11 is 1.24. The first-order valence-corrected chi connectivity index (χ1v) is 7.47. The number of nitrogens with zero attached hydrogens (tertiary/aromatic N) is 2. The van der Waals surface area contributed by atoms with E-state index < -0.39 is 0 Å². The van der Waals surface area contributed by atoms with Gasteiger partial charge < -0.3 is 9.84 Å². The van der Waals surface area contributed by atoms with E-state index in [1.807, 2.05) is 36.4 Å². The summed E-state index contributed by atoms with van der Waals surface area (Å²) in [5.74, 6) is 0.715. The summed E-state index contributed by atoms with van der Waals surface area (Å²) in [5.41, 5.74) is 2.54. The summed E-state index contributed by atoms with van der Waals surface area (Å²) in [5, 5.41) is 9.97. The number of nitrogens with one attached hydrogen (secondary N) is 2. The molecule has 0 spiro atoms. The highest BCUT2D eigenvalue weighted by atomic mass is 32.1. The molecule has 0 unspecified atom stereocenters. The number of amides is 2. The van der Waals surface area contributed by atoms with Gasteiger partial charge in [-0.15, -0.1) is 0 Å². The van der Waals surface area contributed by atoms with Crippen LogP contribution >= 0.6 is 11.5 Å². The maximum atomic E-state index is 11.8. The molecule has 2 amide bonds. The molecule has 2 N–H and O–H groups in total. The van der Waals surface area contributed by atoms with Crippen molar-refractivity contribution < 1.29 is 9.32 Å². The average Bonchev–Trinajstić information content (AvgIpc) is 3.15. The molecule has 0 saturated heterocycles. The number of hydrogen-bond acceptors (Lipinski definition) is 5. The van der Waals surface area contributed by atoms with Crippen molar-refractivity contribution in [2.75, 3.05) is 5.32 Å². The van der Waals surface area contributed by atoms with Crippen molar-refractivity contribution in [1.29, 1.82) is 0 Å². The average molecular weight is 314 g/mol. The fourth-order valence-electron chi connectivity index (χ4n) is 1.91. The maximum absolute atomic E-state index is 11.8. The first-order chi connectivity index (χ1) is 10.7. The Morgan fingerprint density at radius 1 is 1.27 bits per heavy atom. The lowest BCUT2D eigenvalue weighted by Gasteiger charge is -2.02. The van der Waals surface area contributed by atoms with Crippen LogP contribution in [0, 0.1) is 6.92 Å². The lowest BCUT2D eigenvalue weighted by Crippen LogP contribution is -2.27. The molecule has 7 heteroatoms. The molecule has 0 aliphatic rings. The van der Waals surface area contributed by atoms with Crippen molar-refractivity contribution in [2.45, 2.75) is 13.5 Å². The molecule has 0 atom stereocenters. The minimum Gasteiger partial charge on any atom is -0.361 e. The second-order valence-electron chi connectivity index (χ2n) is 4.68. The first-order valence-electron chi connectivity index (χ1n) is 6.70. The number of carbonyl (C=O) groups excluding carboxylic acids is 1. The van der Waals surface area contributed by atoms with Crippen molar-refractivity contribution in [3.63, 3.8) is 0 Å². The van der Waals surface area contributed by atoms with Crippen LogP contribution in [-0.2, 0) is 6.54 Å². The van der Waals surface area contributed by atoms with Gasteiger partial charge in [0.25, 0.3) is 0 Å². The summed E-state index contributed by atoms with van der Waals surface area (Å²) in [6, 6.07) is 13.1. The van der Waals surface area contributed by atoms with Crippen molar-refractivity contribution in [2.24, 2.45) is 0 Å². The van der Waals surface area contributed by atoms with Crippen molar-refractivity contribution in [1.82, 2.24) is 14.8 Å². The highest BCUT2D eigenvalue weighted by molar-refractivity contribution is 7.10. The zero-order chi connectivity index (χ0) is 15.4. The second kappa shape index (κ2) is 6.40. The fraction of sp³-hybridized carbons (Fsp3) is 0.133. The van der Waals surface area contributed by atoms with Gasteiger partial charge in [-0.1, -0.05) is 35.5 Å². The highest BCUT2D eigenvalue weighted by Crippen LogP contribution is 2.24. The van der Waals surface area contributed by atoms with E-state index in [-0.39, 0.29) is 6.03 Å². The van der Waals surface area contributed by atoms with Crippen molar-refractivity contribution in [3.8, 4) is 11.3 Å². The van der Waals surface area contributed by atoms with E-state index in [1.54, 1.807) is 13.0 Å². The Hall–Kier alpha value is -2.67. The lowest BCUT2D eigenvalue weighted by atomic mass is 10.2. The number of urea groups is 1. The molecule has 0 saturated carbocycles. The molecule has 112 valence electrons. The lowest BCUT2D eigenvalue weighted by molar-refractivity contribution is 0.251. The zero-order valence-corrected chi connectivity index (χ0v) is 12.7.